The van der Waals surface area contributed by atoms with Gasteiger partial charge in [-0.25, -0.2) is 0 Å². The second-order valence-electron chi connectivity index (χ2n) is 4.90. The SMILES string of the molecule is CCCCCCNC(N)=NCCCC(=O)OC(C)C. The van der Waals surface area contributed by atoms with Crippen molar-refractivity contribution in [3.8, 4) is 0 Å². The molecule has 0 rings (SSSR count). The van der Waals surface area contributed by atoms with Crippen LogP contribution in [0.15, 0.2) is 4.99 Å². The van der Waals surface area contributed by atoms with E-state index >= 15 is 0 Å². The van der Waals surface area contributed by atoms with Gasteiger partial charge in [0.1, 0.15) is 0 Å². The predicted octanol–water partition coefficient (Wildman–Crippen LogP) is 2.20. The maximum absolute atomic E-state index is 11.3. The van der Waals surface area contributed by atoms with Crippen molar-refractivity contribution in [3.63, 3.8) is 0 Å². The zero-order valence-electron chi connectivity index (χ0n) is 12.6. The van der Waals surface area contributed by atoms with Gasteiger partial charge in [-0.1, -0.05) is 26.2 Å². The quantitative estimate of drug-likeness (QED) is 0.276. The molecule has 5 heteroatoms. The number of unbranched alkanes of at least 4 members (excludes halogenated alkanes) is 3. The highest BCUT2D eigenvalue weighted by atomic mass is 16.5. The van der Waals surface area contributed by atoms with E-state index in [1.165, 1.54) is 19.3 Å². The van der Waals surface area contributed by atoms with Crippen molar-refractivity contribution in [1.29, 1.82) is 0 Å². The molecule has 0 amide bonds. The van der Waals surface area contributed by atoms with Gasteiger partial charge in [-0.3, -0.25) is 9.79 Å². The van der Waals surface area contributed by atoms with Gasteiger partial charge in [0, 0.05) is 19.5 Å². The van der Waals surface area contributed by atoms with Gasteiger partial charge in [-0.15, -0.1) is 0 Å². The second-order valence-corrected chi connectivity index (χ2v) is 4.90. The van der Waals surface area contributed by atoms with Crippen LogP contribution in [-0.2, 0) is 9.53 Å². The number of nitrogens with two attached hydrogens (primary N) is 1. The topological polar surface area (TPSA) is 76.7 Å². The summed E-state index contributed by atoms with van der Waals surface area (Å²) >= 11 is 0. The zero-order chi connectivity index (χ0) is 14.5. The van der Waals surface area contributed by atoms with E-state index in [0.717, 1.165) is 13.0 Å². The van der Waals surface area contributed by atoms with Crippen molar-refractivity contribution in [1.82, 2.24) is 5.32 Å². The summed E-state index contributed by atoms with van der Waals surface area (Å²) in [5, 5.41) is 3.07. The summed E-state index contributed by atoms with van der Waals surface area (Å²) in [6.45, 7) is 7.30. The molecule has 0 spiro atoms. The Morgan fingerprint density at radius 3 is 2.63 bits per heavy atom. The lowest BCUT2D eigenvalue weighted by Crippen LogP contribution is -2.32. The van der Waals surface area contributed by atoms with Crippen LogP contribution in [0.4, 0.5) is 0 Å². The van der Waals surface area contributed by atoms with E-state index < -0.39 is 0 Å². The van der Waals surface area contributed by atoms with Crippen LogP contribution >= 0.6 is 0 Å². The van der Waals surface area contributed by atoms with Crippen molar-refractivity contribution in [3.05, 3.63) is 0 Å². The molecular formula is C14H29N3O2. The number of aliphatic imine (C=N–C) groups is 1. The highest BCUT2D eigenvalue weighted by Crippen LogP contribution is 1.98. The normalized spacial score (nSPS) is 11.7. The van der Waals surface area contributed by atoms with Gasteiger partial charge in [0.15, 0.2) is 5.96 Å². The number of esters is 1. The van der Waals surface area contributed by atoms with Crippen molar-refractivity contribution >= 4 is 11.9 Å². The minimum absolute atomic E-state index is 0.0501. The molecule has 19 heavy (non-hydrogen) atoms. The Bertz CT molecular complexity index is 265. The number of guanidine groups is 1. The molecule has 0 aromatic rings. The van der Waals surface area contributed by atoms with E-state index in [0.29, 0.717) is 25.3 Å². The molecule has 0 atom stereocenters. The molecule has 0 aromatic heterocycles. The standard InChI is InChI=1S/C14H29N3O2/c1-4-5-6-7-10-16-14(15)17-11-8-9-13(18)19-12(2)3/h12H,4-11H2,1-3H3,(H3,15,16,17). The molecule has 3 N–H and O–H groups in total. The van der Waals surface area contributed by atoms with Gasteiger partial charge >= 0.3 is 5.97 Å². The van der Waals surface area contributed by atoms with Crippen LogP contribution in [0, 0.1) is 0 Å². The van der Waals surface area contributed by atoms with Crippen LogP contribution in [0.5, 0.6) is 0 Å². The van der Waals surface area contributed by atoms with Gasteiger partial charge in [-0.05, 0) is 26.7 Å². The summed E-state index contributed by atoms with van der Waals surface area (Å²) in [6, 6.07) is 0. The largest absolute Gasteiger partial charge is 0.463 e. The first-order valence-corrected chi connectivity index (χ1v) is 7.29. The van der Waals surface area contributed by atoms with Crippen LogP contribution in [0.3, 0.4) is 0 Å². The van der Waals surface area contributed by atoms with Gasteiger partial charge in [0.05, 0.1) is 6.10 Å². The summed E-state index contributed by atoms with van der Waals surface area (Å²) in [5.41, 5.74) is 5.71. The van der Waals surface area contributed by atoms with Crippen molar-refractivity contribution in [2.24, 2.45) is 10.7 Å². The van der Waals surface area contributed by atoms with Crippen molar-refractivity contribution < 1.29 is 9.53 Å². The Kier molecular flexibility index (Phi) is 11.0. The molecule has 0 bridgehead atoms. The van der Waals surface area contributed by atoms with Gasteiger partial charge in [-0.2, -0.15) is 0 Å². The van der Waals surface area contributed by atoms with Gasteiger partial charge in [0.2, 0.25) is 0 Å². The first-order valence-electron chi connectivity index (χ1n) is 7.29. The maximum Gasteiger partial charge on any atom is 0.306 e. The number of nitrogens with zero attached hydrogens (tertiary/aromatic N) is 1. The Balaban J connectivity index is 3.51. The first-order chi connectivity index (χ1) is 9.06. The lowest BCUT2D eigenvalue weighted by molar-refractivity contribution is -0.147. The van der Waals surface area contributed by atoms with Crippen LogP contribution in [0.25, 0.3) is 0 Å². The number of hydrogen-bond acceptors (Lipinski definition) is 3. The fraction of sp³-hybridized carbons (Fsp3) is 0.857. The maximum atomic E-state index is 11.3. The third-order valence-electron chi connectivity index (χ3n) is 2.52. The number of hydrogen-bond donors (Lipinski definition) is 2. The molecule has 112 valence electrons. The summed E-state index contributed by atoms with van der Waals surface area (Å²) in [7, 11) is 0. The fourth-order valence-corrected chi connectivity index (χ4v) is 1.57. The summed E-state index contributed by atoms with van der Waals surface area (Å²) in [6.07, 6.45) is 5.84. The molecule has 0 aliphatic rings. The smallest absolute Gasteiger partial charge is 0.306 e. The van der Waals surface area contributed by atoms with E-state index in [2.05, 4.69) is 17.2 Å². The van der Waals surface area contributed by atoms with E-state index in [4.69, 9.17) is 10.5 Å². The molecule has 0 aliphatic heterocycles. The lowest BCUT2D eigenvalue weighted by Gasteiger charge is -2.07. The molecule has 0 fully saturated rings. The molecule has 0 heterocycles. The predicted molar refractivity (Wildman–Crippen MR) is 79.1 cm³/mol. The van der Waals surface area contributed by atoms with Crippen LogP contribution < -0.4 is 11.1 Å². The van der Waals surface area contributed by atoms with Crippen LogP contribution in [0.2, 0.25) is 0 Å². The second kappa shape index (κ2) is 11.8. The Morgan fingerprint density at radius 2 is 2.00 bits per heavy atom. The Hall–Kier alpha value is -1.26. The van der Waals surface area contributed by atoms with Gasteiger partial charge < -0.3 is 15.8 Å². The van der Waals surface area contributed by atoms with E-state index in [9.17, 15) is 4.79 Å². The summed E-state index contributed by atoms with van der Waals surface area (Å²) < 4.78 is 5.03. The molecule has 0 saturated heterocycles. The molecule has 0 aliphatic carbocycles. The molecule has 0 saturated carbocycles. The van der Waals surface area contributed by atoms with Crippen molar-refractivity contribution in [2.45, 2.75) is 65.4 Å². The van der Waals surface area contributed by atoms with E-state index in [1.807, 2.05) is 13.8 Å². The van der Waals surface area contributed by atoms with Crippen LogP contribution in [0.1, 0.15) is 59.3 Å². The summed E-state index contributed by atoms with van der Waals surface area (Å²) in [5.74, 6) is 0.296. The monoisotopic (exact) mass is 271 g/mol. The third-order valence-corrected chi connectivity index (χ3v) is 2.52. The molecule has 0 unspecified atom stereocenters. The number of carbonyl (C=O) groups is 1. The molecule has 0 radical (unpaired) electrons. The third kappa shape index (κ3) is 13.0. The van der Waals surface area contributed by atoms with Gasteiger partial charge in [0.25, 0.3) is 0 Å². The van der Waals surface area contributed by atoms with Crippen LogP contribution in [-0.4, -0.2) is 31.1 Å². The Morgan fingerprint density at radius 1 is 1.26 bits per heavy atom. The van der Waals surface area contributed by atoms with Crippen molar-refractivity contribution in [2.75, 3.05) is 13.1 Å². The Labute approximate surface area is 117 Å². The average molecular weight is 271 g/mol. The van der Waals surface area contributed by atoms with E-state index in [-0.39, 0.29) is 12.1 Å². The fourth-order valence-electron chi connectivity index (χ4n) is 1.57. The highest BCUT2D eigenvalue weighted by Gasteiger charge is 2.04. The molecular weight excluding hydrogens is 242 g/mol. The first kappa shape index (κ1) is 17.7. The molecule has 0 aromatic carbocycles. The average Bonchev–Trinajstić information content (AvgIpc) is 2.33. The molecule has 5 nitrogen and oxygen atoms in total. The number of nitrogens with one attached hydrogen (secondary N) is 1. The lowest BCUT2D eigenvalue weighted by atomic mass is 10.2. The minimum atomic E-state index is -0.170. The zero-order valence-corrected chi connectivity index (χ0v) is 12.6. The number of rotatable bonds is 10. The van der Waals surface area contributed by atoms with E-state index in [1.54, 1.807) is 0 Å². The number of carbonyl (C=O) groups excluding carboxylic acids is 1. The highest BCUT2D eigenvalue weighted by molar-refractivity contribution is 5.77. The minimum Gasteiger partial charge on any atom is -0.463 e. The summed E-state index contributed by atoms with van der Waals surface area (Å²) in [4.78, 5) is 15.4. The number of ether oxygens (including phenoxy) is 1.